The summed E-state index contributed by atoms with van der Waals surface area (Å²) < 4.78 is 7.21. The van der Waals surface area contributed by atoms with Crippen LogP contribution in [0.1, 0.15) is 28.9 Å². The molecule has 6 rings (SSSR count). The fourth-order valence-electron chi connectivity index (χ4n) is 5.86. The molecule has 9 nitrogen and oxygen atoms in total. The molecule has 1 aromatic heterocycles. The smallest absolute Gasteiger partial charge is 0.242 e. The van der Waals surface area contributed by atoms with E-state index in [4.69, 9.17) is 9.84 Å². The Bertz CT molecular complexity index is 1680. The number of ether oxygens (including phenoxy) is 1. The number of aryl methyl sites for hydroxylation is 1. The second-order valence-corrected chi connectivity index (χ2v) is 12.1. The number of hydrogen-bond donors (Lipinski definition) is 0. The Labute approximate surface area is 261 Å². The second-order valence-electron chi connectivity index (χ2n) is 11.0. The quantitative estimate of drug-likeness (QED) is 0.315. The van der Waals surface area contributed by atoms with Gasteiger partial charge in [-0.2, -0.15) is 5.10 Å². The maximum absolute atomic E-state index is 14.0. The number of anilines is 1. The van der Waals surface area contributed by atoms with E-state index in [0.717, 1.165) is 33.6 Å². The van der Waals surface area contributed by atoms with Crippen LogP contribution in [0.15, 0.2) is 78.9 Å². The third-order valence-electron chi connectivity index (χ3n) is 8.30. The lowest BCUT2D eigenvalue weighted by Gasteiger charge is -2.35. The van der Waals surface area contributed by atoms with Crippen LogP contribution in [0.3, 0.4) is 0 Å². The zero-order chi connectivity index (χ0) is 30.8. The molecule has 10 heteroatoms. The van der Waals surface area contributed by atoms with E-state index in [1.807, 2.05) is 66.7 Å². The molecule has 0 saturated carbocycles. The Morgan fingerprint density at radius 3 is 2.23 bits per heavy atom. The van der Waals surface area contributed by atoms with Crippen molar-refractivity contribution < 1.29 is 19.1 Å². The summed E-state index contributed by atoms with van der Waals surface area (Å²) in [5, 5.41) is 4.97. The number of aromatic nitrogens is 2. The minimum absolute atomic E-state index is 0.000503. The molecule has 226 valence electrons. The zero-order valence-corrected chi connectivity index (χ0v) is 25.9. The summed E-state index contributed by atoms with van der Waals surface area (Å²) in [7, 11) is 1.62. The third-order valence-corrected chi connectivity index (χ3v) is 9.53. The van der Waals surface area contributed by atoms with Crippen LogP contribution in [0.4, 0.5) is 5.82 Å². The average Bonchev–Trinajstić information content (AvgIpc) is 3.38. The van der Waals surface area contributed by atoms with Gasteiger partial charge in [0, 0.05) is 44.2 Å². The van der Waals surface area contributed by atoms with Crippen LogP contribution in [-0.4, -0.2) is 82.9 Å². The SMILES string of the molecule is COc1ccc(-n2nc(-c3ccccc3)c3c2N(CC(=O)N2CCN(C(C)=O)CC2)C(=O)CS[C@H]3c2ccccc2C)cc1. The number of thioether (sulfide) groups is 1. The van der Waals surface area contributed by atoms with Gasteiger partial charge < -0.3 is 14.5 Å². The number of hydrogen-bond acceptors (Lipinski definition) is 6. The van der Waals surface area contributed by atoms with Gasteiger partial charge in [0.2, 0.25) is 17.7 Å². The summed E-state index contributed by atoms with van der Waals surface area (Å²) in [4.78, 5) is 44.8. The Hall–Kier alpha value is -4.57. The fourth-order valence-corrected chi connectivity index (χ4v) is 7.16. The average molecular weight is 610 g/mol. The molecule has 0 aliphatic carbocycles. The van der Waals surface area contributed by atoms with Crippen molar-refractivity contribution in [1.29, 1.82) is 0 Å². The van der Waals surface area contributed by atoms with Crippen molar-refractivity contribution in [2.45, 2.75) is 19.1 Å². The summed E-state index contributed by atoms with van der Waals surface area (Å²) in [6, 6.07) is 25.8. The van der Waals surface area contributed by atoms with Crippen LogP contribution in [0.25, 0.3) is 16.9 Å². The third kappa shape index (κ3) is 5.69. The number of piperazine rings is 1. The number of amides is 3. The largest absolute Gasteiger partial charge is 0.497 e. The summed E-state index contributed by atoms with van der Waals surface area (Å²) >= 11 is 1.56. The second kappa shape index (κ2) is 12.6. The molecule has 1 atom stereocenters. The lowest BCUT2D eigenvalue weighted by molar-refractivity contribution is -0.137. The number of carbonyl (C=O) groups is 3. The normalized spacial score (nSPS) is 16.8. The van der Waals surface area contributed by atoms with Crippen LogP contribution < -0.4 is 9.64 Å². The Kier molecular flexibility index (Phi) is 8.43. The first-order valence-electron chi connectivity index (χ1n) is 14.7. The summed E-state index contributed by atoms with van der Waals surface area (Å²) in [6.45, 7) is 5.33. The minimum Gasteiger partial charge on any atom is -0.497 e. The summed E-state index contributed by atoms with van der Waals surface area (Å²) in [6.07, 6.45) is 0. The number of carbonyl (C=O) groups excluding carboxylic acids is 3. The first kappa shape index (κ1) is 29.5. The van der Waals surface area contributed by atoms with Crippen molar-refractivity contribution in [1.82, 2.24) is 19.6 Å². The Morgan fingerprint density at radius 1 is 0.909 bits per heavy atom. The highest BCUT2D eigenvalue weighted by Crippen LogP contribution is 2.49. The Morgan fingerprint density at radius 2 is 1.57 bits per heavy atom. The summed E-state index contributed by atoms with van der Waals surface area (Å²) in [5.41, 5.74) is 5.56. The van der Waals surface area contributed by atoms with E-state index in [0.29, 0.717) is 37.7 Å². The molecular weight excluding hydrogens is 574 g/mol. The molecule has 1 saturated heterocycles. The number of nitrogens with zero attached hydrogens (tertiary/aromatic N) is 5. The molecule has 2 aliphatic rings. The molecule has 4 aromatic rings. The van der Waals surface area contributed by atoms with Gasteiger partial charge in [0.05, 0.1) is 29.5 Å². The van der Waals surface area contributed by atoms with Gasteiger partial charge in [-0.05, 0) is 42.3 Å². The zero-order valence-electron chi connectivity index (χ0n) is 25.1. The number of benzene rings is 3. The predicted molar refractivity (Wildman–Crippen MR) is 172 cm³/mol. The molecule has 0 radical (unpaired) electrons. The molecule has 0 N–H and O–H groups in total. The maximum atomic E-state index is 14.0. The van der Waals surface area contributed by atoms with Crippen LogP contribution in [0.2, 0.25) is 0 Å². The lowest BCUT2D eigenvalue weighted by Crippen LogP contribution is -2.53. The van der Waals surface area contributed by atoms with Crippen molar-refractivity contribution >= 4 is 35.3 Å². The van der Waals surface area contributed by atoms with Crippen molar-refractivity contribution in [3.63, 3.8) is 0 Å². The van der Waals surface area contributed by atoms with E-state index in [1.165, 1.54) is 0 Å². The number of rotatable bonds is 6. The Balaban J connectivity index is 1.52. The van der Waals surface area contributed by atoms with Crippen molar-refractivity contribution in [2.75, 3.05) is 50.5 Å². The predicted octanol–water partition coefficient (Wildman–Crippen LogP) is 4.72. The topological polar surface area (TPSA) is 88.0 Å². The van der Waals surface area contributed by atoms with E-state index in [1.54, 1.807) is 45.2 Å². The molecule has 0 unspecified atom stereocenters. The van der Waals surface area contributed by atoms with E-state index in [9.17, 15) is 14.4 Å². The van der Waals surface area contributed by atoms with Crippen LogP contribution in [0.5, 0.6) is 5.75 Å². The van der Waals surface area contributed by atoms with Gasteiger partial charge in [0.25, 0.3) is 0 Å². The molecular formula is C34H35N5O4S. The van der Waals surface area contributed by atoms with Gasteiger partial charge >= 0.3 is 0 Å². The lowest BCUT2D eigenvalue weighted by atomic mass is 9.97. The van der Waals surface area contributed by atoms with Gasteiger partial charge in [-0.1, -0.05) is 54.6 Å². The fraction of sp³-hybridized carbons (Fsp3) is 0.294. The van der Waals surface area contributed by atoms with Gasteiger partial charge in [0.1, 0.15) is 18.1 Å². The number of methoxy groups -OCH3 is 1. The van der Waals surface area contributed by atoms with Gasteiger partial charge in [0.15, 0.2) is 0 Å². The van der Waals surface area contributed by atoms with E-state index < -0.39 is 0 Å². The van der Waals surface area contributed by atoms with Gasteiger partial charge in [-0.15, -0.1) is 11.8 Å². The van der Waals surface area contributed by atoms with E-state index >= 15 is 0 Å². The first-order valence-corrected chi connectivity index (χ1v) is 15.7. The van der Waals surface area contributed by atoms with E-state index in [2.05, 4.69) is 19.1 Å². The van der Waals surface area contributed by atoms with Crippen LogP contribution in [0, 0.1) is 6.92 Å². The van der Waals surface area contributed by atoms with Crippen molar-refractivity contribution in [3.05, 3.63) is 95.6 Å². The molecule has 2 aliphatic heterocycles. The monoisotopic (exact) mass is 609 g/mol. The van der Waals surface area contributed by atoms with E-state index in [-0.39, 0.29) is 35.3 Å². The summed E-state index contributed by atoms with van der Waals surface area (Å²) in [5.74, 6) is 1.19. The highest BCUT2D eigenvalue weighted by molar-refractivity contribution is 8.00. The highest BCUT2D eigenvalue weighted by atomic mass is 32.2. The first-order chi connectivity index (χ1) is 21.4. The standard InChI is InChI=1S/C34H35N5O4S/c1-23-9-7-8-12-28(23)33-31-32(25-10-5-4-6-11-25)35-39(26-13-15-27(43-3)16-14-26)34(31)38(30(42)22-44-33)21-29(41)37-19-17-36(18-20-37)24(2)40/h4-16,33H,17-22H2,1-3H3/t33-/m0/s1. The number of fused-ring (bicyclic) bond motifs is 1. The van der Waals surface area contributed by atoms with Crippen molar-refractivity contribution in [3.8, 4) is 22.7 Å². The molecule has 0 bridgehead atoms. The molecule has 3 amide bonds. The maximum Gasteiger partial charge on any atom is 0.242 e. The molecule has 1 fully saturated rings. The molecule has 3 aromatic carbocycles. The van der Waals surface area contributed by atoms with Crippen LogP contribution >= 0.6 is 11.8 Å². The minimum atomic E-state index is -0.198. The van der Waals surface area contributed by atoms with Gasteiger partial charge in [-0.3, -0.25) is 19.3 Å². The van der Waals surface area contributed by atoms with Gasteiger partial charge in [-0.25, -0.2) is 4.68 Å². The van der Waals surface area contributed by atoms with Crippen LogP contribution in [-0.2, 0) is 14.4 Å². The molecule has 3 heterocycles. The van der Waals surface area contributed by atoms with Crippen molar-refractivity contribution in [2.24, 2.45) is 0 Å². The molecule has 0 spiro atoms. The molecule has 44 heavy (non-hydrogen) atoms. The highest BCUT2D eigenvalue weighted by Gasteiger charge is 2.39.